The van der Waals surface area contributed by atoms with Crippen molar-refractivity contribution in [3.8, 4) is 6.01 Å². The molecule has 0 saturated carbocycles. The zero-order valence-corrected chi connectivity index (χ0v) is 22.4. The molecule has 2 aromatic rings. The quantitative estimate of drug-likeness (QED) is 0.481. The Hall–Kier alpha value is -3.51. The van der Waals surface area contributed by atoms with E-state index >= 15 is 0 Å². The number of piperidine rings is 1. The minimum atomic E-state index is -0.633. The lowest BCUT2D eigenvalue weighted by molar-refractivity contribution is 0.0607. The Morgan fingerprint density at radius 2 is 1.87 bits per heavy atom. The van der Waals surface area contributed by atoms with Gasteiger partial charge in [0, 0.05) is 51.0 Å². The maximum Gasteiger partial charge on any atom is 0.319 e. The van der Waals surface area contributed by atoms with Gasteiger partial charge in [-0.3, -0.25) is 9.59 Å². The maximum atomic E-state index is 13.6. The van der Waals surface area contributed by atoms with Crippen molar-refractivity contribution in [3.63, 3.8) is 0 Å². The third kappa shape index (κ3) is 6.22. The number of pyridine rings is 1. The summed E-state index contributed by atoms with van der Waals surface area (Å²) < 4.78 is 17.0. The number of carbonyl (C=O) groups is 2. The molecular weight excluding hydrogens is 502 g/mol. The van der Waals surface area contributed by atoms with Crippen molar-refractivity contribution in [2.45, 2.75) is 56.6 Å². The number of ether oxygens (including phenoxy) is 3. The van der Waals surface area contributed by atoms with Gasteiger partial charge in [0.2, 0.25) is 0 Å². The number of nitrogen functional groups attached to an aromatic ring is 1. The first-order chi connectivity index (χ1) is 18.9. The van der Waals surface area contributed by atoms with Crippen LogP contribution in [0.2, 0.25) is 0 Å². The molecule has 0 spiro atoms. The first-order valence-electron chi connectivity index (χ1n) is 13.7. The zero-order valence-electron chi connectivity index (χ0n) is 22.4. The topological polar surface area (TPSA) is 159 Å². The van der Waals surface area contributed by atoms with Crippen molar-refractivity contribution in [1.29, 1.82) is 0 Å². The minimum absolute atomic E-state index is 0.00882. The molecule has 39 heavy (non-hydrogen) atoms. The van der Waals surface area contributed by atoms with Gasteiger partial charge in [0.25, 0.3) is 11.8 Å². The van der Waals surface area contributed by atoms with E-state index in [9.17, 15) is 9.59 Å². The van der Waals surface area contributed by atoms with Gasteiger partial charge in [-0.05, 0) is 50.7 Å². The van der Waals surface area contributed by atoms with Crippen molar-refractivity contribution in [1.82, 2.24) is 19.9 Å². The summed E-state index contributed by atoms with van der Waals surface area (Å²) >= 11 is 0. The molecule has 210 valence electrons. The van der Waals surface area contributed by atoms with E-state index in [0.717, 1.165) is 50.8 Å². The third-order valence-corrected chi connectivity index (χ3v) is 7.75. The number of hydrogen-bond donors (Lipinski definition) is 2. The number of primary amides is 1. The molecule has 5 heterocycles. The predicted molar refractivity (Wildman–Crippen MR) is 144 cm³/mol. The van der Waals surface area contributed by atoms with Gasteiger partial charge in [0.15, 0.2) is 5.69 Å². The van der Waals surface area contributed by atoms with Crippen LogP contribution in [0, 0.1) is 0 Å². The Bertz CT molecular complexity index is 1180. The van der Waals surface area contributed by atoms with Crippen LogP contribution < -0.4 is 21.1 Å². The highest BCUT2D eigenvalue weighted by atomic mass is 16.5. The molecule has 5 rings (SSSR count). The molecule has 0 bridgehead atoms. The van der Waals surface area contributed by atoms with E-state index in [-0.39, 0.29) is 41.4 Å². The summed E-state index contributed by atoms with van der Waals surface area (Å²) in [6.45, 7) is 3.62. The van der Waals surface area contributed by atoms with Crippen LogP contribution >= 0.6 is 0 Å². The van der Waals surface area contributed by atoms with Crippen LogP contribution in [0.3, 0.4) is 0 Å². The number of methoxy groups -OCH3 is 1. The molecule has 0 aromatic carbocycles. The van der Waals surface area contributed by atoms with Crippen LogP contribution in [0.5, 0.6) is 6.01 Å². The van der Waals surface area contributed by atoms with Crippen molar-refractivity contribution < 1.29 is 23.8 Å². The fraction of sp³-hybridized carbons (Fsp3) is 0.593. The molecule has 12 nitrogen and oxygen atoms in total. The van der Waals surface area contributed by atoms with E-state index in [1.54, 1.807) is 19.2 Å². The average molecular weight is 540 g/mol. The van der Waals surface area contributed by atoms with Gasteiger partial charge in [-0.2, -0.15) is 9.97 Å². The first kappa shape index (κ1) is 27.1. The lowest BCUT2D eigenvalue weighted by Crippen LogP contribution is -2.39. The molecule has 3 aliphatic rings. The second kappa shape index (κ2) is 12.1. The number of anilines is 2. The molecule has 2 amide bonds. The highest BCUT2D eigenvalue weighted by Crippen LogP contribution is 2.31. The normalized spacial score (nSPS) is 21.9. The molecule has 2 aromatic heterocycles. The molecule has 3 fully saturated rings. The number of carbonyl (C=O) groups excluding carboxylic acids is 2. The molecule has 12 heteroatoms. The lowest BCUT2D eigenvalue weighted by Gasteiger charge is -2.33. The number of rotatable bonds is 9. The third-order valence-electron chi connectivity index (χ3n) is 7.75. The number of likely N-dealkylation sites (tertiary alicyclic amines) is 1. The summed E-state index contributed by atoms with van der Waals surface area (Å²) in [4.78, 5) is 42.9. The van der Waals surface area contributed by atoms with Gasteiger partial charge in [0.05, 0.1) is 24.4 Å². The molecule has 3 saturated heterocycles. The standard InChI is InChI=1S/C27H37N7O5/c1-37-15-18-4-2-10-34(18)26(36)22-14-23(32-27(31-22)39-16-19-5-3-13-38-19)33-11-8-17(9-12-33)21-7-6-20(28)24(30-21)25(29)35/h6-7,14,17-19H,2-5,8-13,15-16,28H2,1H3,(H2,29,35)/t18-,19+/m0/s1. The van der Waals surface area contributed by atoms with Gasteiger partial charge in [-0.1, -0.05) is 0 Å². The van der Waals surface area contributed by atoms with Gasteiger partial charge >= 0.3 is 6.01 Å². The Morgan fingerprint density at radius 1 is 1.05 bits per heavy atom. The van der Waals surface area contributed by atoms with E-state index in [1.807, 2.05) is 11.0 Å². The number of hydrogen-bond acceptors (Lipinski definition) is 10. The van der Waals surface area contributed by atoms with Crippen LogP contribution in [0.4, 0.5) is 11.5 Å². The Labute approximate surface area is 228 Å². The second-order valence-corrected chi connectivity index (χ2v) is 10.4. The average Bonchev–Trinajstić information content (AvgIpc) is 3.64. The van der Waals surface area contributed by atoms with E-state index in [4.69, 9.17) is 25.7 Å². The summed E-state index contributed by atoms with van der Waals surface area (Å²) in [6.07, 6.45) is 5.37. The summed E-state index contributed by atoms with van der Waals surface area (Å²) in [5.41, 5.74) is 12.8. The number of amides is 2. The van der Waals surface area contributed by atoms with E-state index in [1.165, 1.54) is 0 Å². The number of nitrogens with two attached hydrogens (primary N) is 2. The summed E-state index contributed by atoms with van der Waals surface area (Å²) in [5, 5.41) is 0. The van der Waals surface area contributed by atoms with Crippen LogP contribution in [0.1, 0.15) is 71.1 Å². The SMILES string of the molecule is COC[C@@H]1CCCN1C(=O)c1cc(N2CCC(c3ccc(N)c(C(N)=O)n3)CC2)nc(OC[C@H]2CCCO2)n1. The fourth-order valence-electron chi connectivity index (χ4n) is 5.62. The van der Waals surface area contributed by atoms with Crippen LogP contribution in [0.15, 0.2) is 18.2 Å². The monoisotopic (exact) mass is 539 g/mol. The Balaban J connectivity index is 1.34. The summed E-state index contributed by atoms with van der Waals surface area (Å²) in [5.74, 6) is 0.0311. The lowest BCUT2D eigenvalue weighted by atomic mass is 9.92. The highest BCUT2D eigenvalue weighted by Gasteiger charge is 2.32. The summed E-state index contributed by atoms with van der Waals surface area (Å²) in [7, 11) is 1.65. The van der Waals surface area contributed by atoms with Gasteiger partial charge in [0.1, 0.15) is 18.1 Å². The fourth-order valence-corrected chi connectivity index (χ4v) is 5.62. The van der Waals surface area contributed by atoms with Gasteiger partial charge in [-0.25, -0.2) is 4.98 Å². The van der Waals surface area contributed by atoms with E-state index < -0.39 is 5.91 Å². The molecule has 3 aliphatic heterocycles. The molecular formula is C27H37N7O5. The Morgan fingerprint density at radius 3 is 2.59 bits per heavy atom. The van der Waals surface area contributed by atoms with Crippen molar-refractivity contribution in [3.05, 3.63) is 35.3 Å². The minimum Gasteiger partial charge on any atom is -0.461 e. The molecule has 0 radical (unpaired) electrons. The predicted octanol–water partition coefficient (Wildman–Crippen LogP) is 1.75. The van der Waals surface area contributed by atoms with Crippen LogP contribution in [0.25, 0.3) is 0 Å². The molecule has 2 atom stereocenters. The highest BCUT2D eigenvalue weighted by molar-refractivity contribution is 5.96. The number of aromatic nitrogens is 3. The van der Waals surface area contributed by atoms with Crippen LogP contribution in [-0.4, -0.2) is 90.4 Å². The van der Waals surface area contributed by atoms with Crippen molar-refractivity contribution in [2.24, 2.45) is 5.73 Å². The van der Waals surface area contributed by atoms with Crippen molar-refractivity contribution >= 4 is 23.3 Å². The first-order valence-corrected chi connectivity index (χ1v) is 13.7. The Kier molecular flexibility index (Phi) is 8.41. The molecule has 0 aliphatic carbocycles. The maximum absolute atomic E-state index is 13.6. The summed E-state index contributed by atoms with van der Waals surface area (Å²) in [6, 6.07) is 5.51. The smallest absolute Gasteiger partial charge is 0.319 e. The van der Waals surface area contributed by atoms with Gasteiger partial charge in [-0.15, -0.1) is 0 Å². The van der Waals surface area contributed by atoms with E-state index in [0.29, 0.717) is 44.4 Å². The zero-order chi connectivity index (χ0) is 27.4. The largest absolute Gasteiger partial charge is 0.461 e. The second-order valence-electron chi connectivity index (χ2n) is 10.4. The van der Waals surface area contributed by atoms with Crippen LogP contribution in [-0.2, 0) is 9.47 Å². The van der Waals surface area contributed by atoms with Gasteiger partial charge < -0.3 is 35.5 Å². The molecule has 0 unspecified atom stereocenters. The molecule has 4 N–H and O–H groups in total. The van der Waals surface area contributed by atoms with Crippen molar-refractivity contribution in [2.75, 3.05) is 57.2 Å². The van der Waals surface area contributed by atoms with E-state index in [2.05, 4.69) is 19.9 Å². The number of nitrogens with zero attached hydrogens (tertiary/aromatic N) is 5.